The highest BCUT2D eigenvalue weighted by Crippen LogP contribution is 1.96. The Morgan fingerprint density at radius 3 is 2.67 bits per heavy atom. The maximum atomic E-state index is 10.8. The van der Waals surface area contributed by atoms with Crippen molar-refractivity contribution in [2.75, 3.05) is 6.61 Å². The molecule has 0 N–H and O–H groups in total. The van der Waals surface area contributed by atoms with Crippen LogP contribution in [0.3, 0.4) is 0 Å². The van der Waals surface area contributed by atoms with Crippen LogP contribution >= 0.6 is 0 Å². The molecule has 0 atom stereocenters. The fourth-order valence-electron chi connectivity index (χ4n) is 0.839. The first-order chi connectivity index (χ1) is 5.81. The first kappa shape index (κ1) is 11.2. The zero-order chi connectivity index (χ0) is 9.23. The summed E-state index contributed by atoms with van der Waals surface area (Å²) >= 11 is 0. The van der Waals surface area contributed by atoms with Crippen LogP contribution in [0.15, 0.2) is 12.2 Å². The molecule has 0 aromatic rings. The van der Waals surface area contributed by atoms with Gasteiger partial charge in [-0.1, -0.05) is 31.9 Å². The summed E-state index contributed by atoms with van der Waals surface area (Å²) in [5.41, 5.74) is 0. The van der Waals surface area contributed by atoms with E-state index in [4.69, 9.17) is 4.74 Å². The molecular formula is C10H18O2. The summed E-state index contributed by atoms with van der Waals surface area (Å²) in [6.45, 7) is 4.44. The van der Waals surface area contributed by atoms with Crippen LogP contribution in [0.2, 0.25) is 0 Å². The first-order valence-corrected chi connectivity index (χ1v) is 4.61. The second-order valence-electron chi connectivity index (χ2n) is 2.62. The van der Waals surface area contributed by atoms with E-state index in [-0.39, 0.29) is 5.97 Å². The van der Waals surface area contributed by atoms with Crippen LogP contribution in [-0.4, -0.2) is 12.6 Å². The number of esters is 1. The second-order valence-corrected chi connectivity index (χ2v) is 2.62. The zero-order valence-corrected chi connectivity index (χ0v) is 8.01. The minimum atomic E-state index is -0.134. The van der Waals surface area contributed by atoms with E-state index in [0.717, 1.165) is 6.42 Å². The standard InChI is InChI=1S/C10H18O2/c1-3-5-6-7-8-9-10(11)12-4-2/h7-8H,3-6,9H2,1-2H3/b8-7-. The summed E-state index contributed by atoms with van der Waals surface area (Å²) in [7, 11) is 0. The Balaban J connectivity index is 3.27. The van der Waals surface area contributed by atoms with E-state index in [1.807, 2.05) is 19.1 Å². The Kier molecular flexibility index (Phi) is 7.76. The van der Waals surface area contributed by atoms with Gasteiger partial charge in [0.1, 0.15) is 0 Å². The van der Waals surface area contributed by atoms with E-state index in [2.05, 4.69) is 6.92 Å². The zero-order valence-electron chi connectivity index (χ0n) is 8.01. The van der Waals surface area contributed by atoms with Crippen LogP contribution in [0.4, 0.5) is 0 Å². The van der Waals surface area contributed by atoms with Crippen molar-refractivity contribution in [1.29, 1.82) is 0 Å². The molecule has 0 bridgehead atoms. The van der Waals surface area contributed by atoms with E-state index >= 15 is 0 Å². The molecule has 0 aliphatic rings. The van der Waals surface area contributed by atoms with Gasteiger partial charge in [-0.3, -0.25) is 4.79 Å². The molecule has 0 saturated carbocycles. The van der Waals surface area contributed by atoms with Crippen LogP contribution in [-0.2, 0) is 9.53 Å². The average molecular weight is 170 g/mol. The number of hydrogen-bond donors (Lipinski definition) is 0. The summed E-state index contributed by atoms with van der Waals surface area (Å²) in [4.78, 5) is 10.8. The number of hydrogen-bond acceptors (Lipinski definition) is 2. The summed E-state index contributed by atoms with van der Waals surface area (Å²) in [6.07, 6.45) is 7.80. The molecule has 12 heavy (non-hydrogen) atoms. The summed E-state index contributed by atoms with van der Waals surface area (Å²) < 4.78 is 4.76. The molecular weight excluding hydrogens is 152 g/mol. The molecule has 0 fully saturated rings. The van der Waals surface area contributed by atoms with Gasteiger partial charge < -0.3 is 4.74 Å². The minimum absolute atomic E-state index is 0.134. The van der Waals surface area contributed by atoms with Crippen molar-refractivity contribution in [2.45, 2.75) is 39.5 Å². The Labute approximate surface area is 74.6 Å². The predicted octanol–water partition coefficient (Wildman–Crippen LogP) is 2.69. The smallest absolute Gasteiger partial charge is 0.309 e. The van der Waals surface area contributed by atoms with E-state index in [1.165, 1.54) is 12.8 Å². The van der Waals surface area contributed by atoms with Gasteiger partial charge in [-0.25, -0.2) is 0 Å². The molecule has 0 amide bonds. The van der Waals surface area contributed by atoms with Crippen molar-refractivity contribution in [3.63, 3.8) is 0 Å². The van der Waals surface area contributed by atoms with Crippen LogP contribution in [0.5, 0.6) is 0 Å². The van der Waals surface area contributed by atoms with Crippen LogP contribution in [0.25, 0.3) is 0 Å². The van der Waals surface area contributed by atoms with E-state index in [0.29, 0.717) is 13.0 Å². The Morgan fingerprint density at radius 2 is 2.08 bits per heavy atom. The van der Waals surface area contributed by atoms with Gasteiger partial charge in [0, 0.05) is 0 Å². The van der Waals surface area contributed by atoms with Gasteiger partial charge in [-0.15, -0.1) is 0 Å². The number of carbonyl (C=O) groups is 1. The number of unbranched alkanes of at least 4 members (excludes halogenated alkanes) is 2. The highest BCUT2D eigenvalue weighted by atomic mass is 16.5. The summed E-state index contributed by atoms with van der Waals surface area (Å²) in [5.74, 6) is -0.134. The fraction of sp³-hybridized carbons (Fsp3) is 0.700. The molecule has 2 nitrogen and oxygen atoms in total. The lowest BCUT2D eigenvalue weighted by Gasteiger charge is -1.96. The largest absolute Gasteiger partial charge is 0.466 e. The predicted molar refractivity (Wildman–Crippen MR) is 49.9 cm³/mol. The Hall–Kier alpha value is -0.790. The van der Waals surface area contributed by atoms with Gasteiger partial charge in [-0.2, -0.15) is 0 Å². The maximum absolute atomic E-state index is 10.8. The van der Waals surface area contributed by atoms with Gasteiger partial charge in [0.2, 0.25) is 0 Å². The fourth-order valence-corrected chi connectivity index (χ4v) is 0.839. The number of ether oxygens (including phenoxy) is 1. The van der Waals surface area contributed by atoms with E-state index in [1.54, 1.807) is 0 Å². The number of carbonyl (C=O) groups excluding carboxylic acids is 1. The molecule has 0 aliphatic heterocycles. The Morgan fingerprint density at radius 1 is 1.33 bits per heavy atom. The highest BCUT2D eigenvalue weighted by molar-refractivity contribution is 5.71. The SMILES string of the molecule is CCCC/C=C\CC(=O)OCC. The van der Waals surface area contributed by atoms with Gasteiger partial charge in [0.25, 0.3) is 0 Å². The minimum Gasteiger partial charge on any atom is -0.466 e. The normalized spacial score (nSPS) is 10.5. The third-order valence-electron chi connectivity index (χ3n) is 1.48. The van der Waals surface area contributed by atoms with Crippen molar-refractivity contribution < 1.29 is 9.53 Å². The highest BCUT2D eigenvalue weighted by Gasteiger charge is 1.94. The topological polar surface area (TPSA) is 26.3 Å². The molecule has 0 radical (unpaired) electrons. The molecule has 0 rings (SSSR count). The lowest BCUT2D eigenvalue weighted by atomic mass is 10.2. The molecule has 0 aliphatic carbocycles. The van der Waals surface area contributed by atoms with Gasteiger partial charge >= 0.3 is 5.97 Å². The molecule has 0 spiro atoms. The van der Waals surface area contributed by atoms with Crippen molar-refractivity contribution in [3.8, 4) is 0 Å². The number of rotatable bonds is 6. The van der Waals surface area contributed by atoms with Crippen molar-refractivity contribution in [2.24, 2.45) is 0 Å². The average Bonchev–Trinajstić information content (AvgIpc) is 2.05. The molecule has 0 heterocycles. The van der Waals surface area contributed by atoms with E-state index < -0.39 is 0 Å². The Bertz CT molecular complexity index is 139. The lowest BCUT2D eigenvalue weighted by molar-refractivity contribution is -0.142. The third-order valence-corrected chi connectivity index (χ3v) is 1.48. The lowest BCUT2D eigenvalue weighted by Crippen LogP contribution is -2.01. The number of allylic oxidation sites excluding steroid dienone is 1. The van der Waals surface area contributed by atoms with Gasteiger partial charge in [-0.05, 0) is 13.3 Å². The van der Waals surface area contributed by atoms with Gasteiger partial charge in [0.05, 0.1) is 13.0 Å². The van der Waals surface area contributed by atoms with Crippen LogP contribution < -0.4 is 0 Å². The molecule has 0 saturated heterocycles. The van der Waals surface area contributed by atoms with Crippen LogP contribution in [0.1, 0.15) is 39.5 Å². The van der Waals surface area contributed by atoms with Crippen molar-refractivity contribution in [1.82, 2.24) is 0 Å². The van der Waals surface area contributed by atoms with E-state index in [9.17, 15) is 4.79 Å². The molecule has 0 unspecified atom stereocenters. The molecule has 0 aromatic heterocycles. The molecule has 0 aromatic carbocycles. The molecule has 2 heteroatoms. The summed E-state index contributed by atoms with van der Waals surface area (Å²) in [5, 5.41) is 0. The maximum Gasteiger partial charge on any atom is 0.309 e. The van der Waals surface area contributed by atoms with Crippen molar-refractivity contribution >= 4 is 5.97 Å². The second kappa shape index (κ2) is 8.31. The first-order valence-electron chi connectivity index (χ1n) is 4.61. The van der Waals surface area contributed by atoms with Crippen LogP contribution in [0, 0.1) is 0 Å². The third kappa shape index (κ3) is 7.32. The van der Waals surface area contributed by atoms with Crippen molar-refractivity contribution in [3.05, 3.63) is 12.2 Å². The van der Waals surface area contributed by atoms with Gasteiger partial charge in [0.15, 0.2) is 0 Å². The monoisotopic (exact) mass is 170 g/mol. The quantitative estimate of drug-likeness (QED) is 0.348. The summed E-state index contributed by atoms with van der Waals surface area (Å²) in [6, 6.07) is 0. The molecule has 70 valence electrons.